The molecule has 144 valence electrons. The summed E-state index contributed by atoms with van der Waals surface area (Å²) in [6.45, 7) is 2.93. The van der Waals surface area contributed by atoms with Gasteiger partial charge >= 0.3 is 0 Å². The fraction of sp³-hybridized carbons (Fsp3) is 0.273. The molecule has 4 nitrogen and oxygen atoms in total. The molecule has 0 atom stereocenters. The molecule has 1 saturated heterocycles. The van der Waals surface area contributed by atoms with E-state index in [9.17, 15) is 9.90 Å². The quantitative estimate of drug-likeness (QED) is 0.665. The predicted octanol–water partition coefficient (Wildman–Crippen LogP) is 4.90. The SMILES string of the molecule is Cc1nc(-c2ccccc2)c(C(=O)N2CCC(O)(c3ccc(Cl)cc3)CC2)s1. The highest BCUT2D eigenvalue weighted by Crippen LogP contribution is 2.35. The third-order valence-electron chi connectivity index (χ3n) is 5.23. The van der Waals surface area contributed by atoms with Crippen molar-refractivity contribution in [3.05, 3.63) is 75.1 Å². The normalized spacial score (nSPS) is 16.2. The van der Waals surface area contributed by atoms with Gasteiger partial charge in [-0.25, -0.2) is 4.98 Å². The van der Waals surface area contributed by atoms with Crippen molar-refractivity contribution in [2.24, 2.45) is 0 Å². The topological polar surface area (TPSA) is 53.4 Å². The van der Waals surface area contributed by atoms with Gasteiger partial charge in [-0.1, -0.05) is 54.1 Å². The Morgan fingerprint density at radius 1 is 1.11 bits per heavy atom. The molecular formula is C22H21ClN2O2S. The molecule has 0 radical (unpaired) electrons. The highest BCUT2D eigenvalue weighted by Gasteiger charge is 2.36. The highest BCUT2D eigenvalue weighted by atomic mass is 35.5. The van der Waals surface area contributed by atoms with Crippen LogP contribution in [0.25, 0.3) is 11.3 Å². The second-order valence-corrected chi connectivity index (χ2v) is 8.75. The number of thiazole rings is 1. The summed E-state index contributed by atoms with van der Waals surface area (Å²) in [5, 5.41) is 12.6. The number of aryl methyl sites for hydroxylation is 1. The molecule has 3 aromatic rings. The minimum Gasteiger partial charge on any atom is -0.385 e. The van der Waals surface area contributed by atoms with Crippen molar-refractivity contribution >= 4 is 28.8 Å². The molecule has 28 heavy (non-hydrogen) atoms. The number of rotatable bonds is 3. The molecule has 1 aliphatic heterocycles. The Balaban J connectivity index is 1.53. The molecule has 4 rings (SSSR count). The van der Waals surface area contributed by atoms with Gasteiger partial charge in [-0.2, -0.15) is 0 Å². The number of aromatic nitrogens is 1. The summed E-state index contributed by atoms with van der Waals surface area (Å²) >= 11 is 7.39. The maximum Gasteiger partial charge on any atom is 0.266 e. The minimum absolute atomic E-state index is 0.0115. The first-order valence-electron chi connectivity index (χ1n) is 9.27. The van der Waals surface area contributed by atoms with E-state index in [0.29, 0.717) is 35.8 Å². The molecule has 1 amide bonds. The van der Waals surface area contributed by atoms with Crippen molar-refractivity contribution in [1.29, 1.82) is 0 Å². The van der Waals surface area contributed by atoms with Crippen molar-refractivity contribution in [2.75, 3.05) is 13.1 Å². The van der Waals surface area contributed by atoms with Gasteiger partial charge in [0.2, 0.25) is 0 Å². The standard InChI is InChI=1S/C22H21ClN2O2S/c1-15-24-19(16-5-3-2-4-6-16)20(28-15)21(26)25-13-11-22(27,12-14-25)17-7-9-18(23)10-8-17/h2-10,27H,11-14H2,1H3. The third-order valence-corrected chi connectivity index (χ3v) is 6.45. The van der Waals surface area contributed by atoms with Crippen LogP contribution in [0.2, 0.25) is 5.02 Å². The van der Waals surface area contributed by atoms with Gasteiger partial charge in [0.05, 0.1) is 16.3 Å². The Hall–Kier alpha value is -2.21. The Labute approximate surface area is 173 Å². The fourth-order valence-corrected chi connectivity index (χ4v) is 4.67. The smallest absolute Gasteiger partial charge is 0.266 e. The number of benzene rings is 2. The van der Waals surface area contributed by atoms with Crippen molar-refractivity contribution in [3.8, 4) is 11.3 Å². The van der Waals surface area contributed by atoms with Gasteiger partial charge in [0, 0.05) is 23.7 Å². The number of likely N-dealkylation sites (tertiary alicyclic amines) is 1. The molecule has 0 saturated carbocycles. The number of halogens is 1. The number of amides is 1. The van der Waals surface area contributed by atoms with E-state index in [-0.39, 0.29) is 5.91 Å². The van der Waals surface area contributed by atoms with Crippen LogP contribution in [0.1, 0.15) is 33.1 Å². The second-order valence-electron chi connectivity index (χ2n) is 7.11. The summed E-state index contributed by atoms with van der Waals surface area (Å²) in [5.74, 6) is -0.0115. The van der Waals surface area contributed by atoms with E-state index >= 15 is 0 Å². The molecule has 6 heteroatoms. The summed E-state index contributed by atoms with van der Waals surface area (Å²) in [5.41, 5.74) is 1.62. The van der Waals surface area contributed by atoms with Crippen LogP contribution in [-0.2, 0) is 5.60 Å². The molecule has 1 aromatic heterocycles. The highest BCUT2D eigenvalue weighted by molar-refractivity contribution is 7.14. The van der Waals surface area contributed by atoms with Gasteiger partial charge in [-0.3, -0.25) is 4.79 Å². The Kier molecular flexibility index (Phi) is 5.23. The van der Waals surface area contributed by atoms with Gasteiger partial charge in [0.1, 0.15) is 4.88 Å². The van der Waals surface area contributed by atoms with Crippen LogP contribution in [0.4, 0.5) is 0 Å². The zero-order valence-corrected chi connectivity index (χ0v) is 17.1. The van der Waals surface area contributed by atoms with E-state index < -0.39 is 5.60 Å². The van der Waals surface area contributed by atoms with Gasteiger partial charge in [0.25, 0.3) is 5.91 Å². The van der Waals surface area contributed by atoms with E-state index in [2.05, 4.69) is 4.98 Å². The van der Waals surface area contributed by atoms with Gasteiger partial charge in [-0.15, -0.1) is 11.3 Å². The Bertz CT molecular complexity index is 978. The van der Waals surface area contributed by atoms with Crippen molar-refractivity contribution in [2.45, 2.75) is 25.4 Å². The average Bonchev–Trinajstić information content (AvgIpc) is 3.11. The molecule has 2 aromatic carbocycles. The summed E-state index contributed by atoms with van der Waals surface area (Å²) in [6, 6.07) is 17.1. The van der Waals surface area contributed by atoms with E-state index in [4.69, 9.17) is 11.6 Å². The lowest BCUT2D eigenvalue weighted by Crippen LogP contribution is -2.45. The van der Waals surface area contributed by atoms with Crippen LogP contribution in [0.5, 0.6) is 0 Å². The maximum absolute atomic E-state index is 13.2. The third kappa shape index (κ3) is 3.70. The van der Waals surface area contributed by atoms with Crippen LogP contribution in [0.15, 0.2) is 54.6 Å². The van der Waals surface area contributed by atoms with Gasteiger partial charge in [0.15, 0.2) is 0 Å². The molecule has 1 fully saturated rings. The first kappa shape index (κ1) is 19.1. The van der Waals surface area contributed by atoms with E-state index in [1.165, 1.54) is 11.3 Å². The van der Waals surface area contributed by atoms with Crippen LogP contribution < -0.4 is 0 Å². The maximum atomic E-state index is 13.2. The van der Waals surface area contributed by atoms with Crippen LogP contribution in [0, 0.1) is 6.92 Å². The molecule has 0 spiro atoms. The number of carbonyl (C=O) groups excluding carboxylic acids is 1. The molecule has 0 bridgehead atoms. The summed E-state index contributed by atoms with van der Waals surface area (Å²) in [4.78, 5) is 20.3. The average molecular weight is 413 g/mol. The van der Waals surface area contributed by atoms with Crippen molar-refractivity contribution in [1.82, 2.24) is 9.88 Å². The number of aliphatic hydroxyl groups is 1. The Morgan fingerprint density at radius 3 is 2.39 bits per heavy atom. The summed E-state index contributed by atoms with van der Waals surface area (Å²) in [7, 11) is 0. The number of nitrogens with zero attached hydrogens (tertiary/aromatic N) is 2. The van der Waals surface area contributed by atoms with Crippen LogP contribution >= 0.6 is 22.9 Å². The largest absolute Gasteiger partial charge is 0.385 e. The number of carbonyl (C=O) groups is 1. The van der Waals surface area contributed by atoms with E-state index in [0.717, 1.165) is 21.8 Å². The zero-order valence-electron chi connectivity index (χ0n) is 15.6. The Morgan fingerprint density at radius 2 is 1.75 bits per heavy atom. The molecule has 1 N–H and O–H groups in total. The van der Waals surface area contributed by atoms with Gasteiger partial charge in [-0.05, 0) is 37.5 Å². The lowest BCUT2D eigenvalue weighted by molar-refractivity contribution is -0.0210. The second kappa shape index (κ2) is 7.66. The van der Waals surface area contributed by atoms with Crippen molar-refractivity contribution < 1.29 is 9.90 Å². The monoisotopic (exact) mass is 412 g/mol. The number of piperidine rings is 1. The van der Waals surface area contributed by atoms with Gasteiger partial charge < -0.3 is 10.0 Å². The summed E-state index contributed by atoms with van der Waals surface area (Å²) < 4.78 is 0. The lowest BCUT2D eigenvalue weighted by atomic mass is 9.84. The van der Waals surface area contributed by atoms with Crippen molar-refractivity contribution in [3.63, 3.8) is 0 Å². The lowest BCUT2D eigenvalue weighted by Gasteiger charge is -2.38. The fourth-order valence-electron chi connectivity index (χ4n) is 3.64. The van der Waals surface area contributed by atoms with Crippen LogP contribution in [-0.4, -0.2) is 34.0 Å². The molecule has 0 unspecified atom stereocenters. The number of hydrogen-bond acceptors (Lipinski definition) is 4. The number of hydrogen-bond donors (Lipinski definition) is 1. The minimum atomic E-state index is -0.923. The van der Waals surface area contributed by atoms with E-state index in [1.54, 1.807) is 12.1 Å². The molecular weight excluding hydrogens is 392 g/mol. The summed E-state index contributed by atoms with van der Waals surface area (Å²) in [6.07, 6.45) is 0.998. The molecule has 1 aliphatic rings. The predicted molar refractivity (Wildman–Crippen MR) is 113 cm³/mol. The molecule has 2 heterocycles. The van der Waals surface area contributed by atoms with Crippen LogP contribution in [0.3, 0.4) is 0 Å². The molecule has 0 aliphatic carbocycles. The zero-order chi connectivity index (χ0) is 19.7. The first-order chi connectivity index (χ1) is 13.5. The van der Waals surface area contributed by atoms with E-state index in [1.807, 2.05) is 54.3 Å². The first-order valence-corrected chi connectivity index (χ1v) is 10.5.